The number of carbonyl (C=O) groups is 1. The van der Waals surface area contributed by atoms with Crippen molar-refractivity contribution >= 4 is 18.3 Å². The molecule has 0 aromatic heterocycles. The van der Waals surface area contributed by atoms with Gasteiger partial charge in [0, 0.05) is 32.0 Å². The Labute approximate surface area is 114 Å². The molecule has 0 saturated carbocycles. The monoisotopic (exact) mass is 270 g/mol. The number of hydrogen-bond donors (Lipinski definition) is 1. The number of rotatable bonds is 2. The van der Waals surface area contributed by atoms with E-state index in [1.807, 2.05) is 24.3 Å². The van der Waals surface area contributed by atoms with Gasteiger partial charge in [0.15, 0.2) is 0 Å². The fourth-order valence-electron chi connectivity index (χ4n) is 2.26. The van der Waals surface area contributed by atoms with Gasteiger partial charge in [-0.15, -0.1) is 12.4 Å². The van der Waals surface area contributed by atoms with Crippen LogP contribution in [0.15, 0.2) is 24.3 Å². The zero-order valence-corrected chi connectivity index (χ0v) is 11.4. The Balaban J connectivity index is 0.00000162. The Morgan fingerprint density at radius 2 is 1.94 bits per heavy atom. The van der Waals surface area contributed by atoms with Gasteiger partial charge in [0.2, 0.25) is 5.91 Å². The minimum Gasteiger partial charge on any atom is -0.497 e. The van der Waals surface area contributed by atoms with Crippen molar-refractivity contribution in [1.82, 2.24) is 4.90 Å². The summed E-state index contributed by atoms with van der Waals surface area (Å²) < 4.78 is 5.12. The zero-order valence-electron chi connectivity index (χ0n) is 10.6. The lowest BCUT2D eigenvalue weighted by Crippen LogP contribution is -2.48. The highest BCUT2D eigenvalue weighted by molar-refractivity contribution is 5.85. The summed E-state index contributed by atoms with van der Waals surface area (Å²) in [4.78, 5) is 13.4. The third kappa shape index (κ3) is 2.94. The number of amides is 1. The SMILES string of the molecule is COc1ccc(C2CC(=O)N(C)CC2N)cc1.Cl. The molecule has 1 fully saturated rings. The maximum Gasteiger partial charge on any atom is 0.223 e. The van der Waals surface area contributed by atoms with Crippen molar-refractivity contribution in [3.8, 4) is 5.75 Å². The van der Waals surface area contributed by atoms with E-state index in [4.69, 9.17) is 10.5 Å². The van der Waals surface area contributed by atoms with Crippen molar-refractivity contribution in [1.29, 1.82) is 0 Å². The van der Waals surface area contributed by atoms with Crippen LogP contribution in [0.1, 0.15) is 17.9 Å². The van der Waals surface area contributed by atoms with Crippen LogP contribution in [0.2, 0.25) is 0 Å². The van der Waals surface area contributed by atoms with E-state index >= 15 is 0 Å². The molecule has 0 radical (unpaired) electrons. The molecule has 1 aromatic carbocycles. The van der Waals surface area contributed by atoms with Gasteiger partial charge in [-0.2, -0.15) is 0 Å². The van der Waals surface area contributed by atoms with Crippen LogP contribution in [0.25, 0.3) is 0 Å². The third-order valence-electron chi connectivity index (χ3n) is 3.37. The summed E-state index contributed by atoms with van der Waals surface area (Å²) in [5.41, 5.74) is 7.22. The molecule has 1 amide bonds. The van der Waals surface area contributed by atoms with E-state index in [1.165, 1.54) is 0 Å². The van der Waals surface area contributed by atoms with E-state index in [2.05, 4.69) is 0 Å². The predicted octanol–water partition coefficient (Wildman–Crippen LogP) is 1.39. The van der Waals surface area contributed by atoms with Crippen LogP contribution in [0.3, 0.4) is 0 Å². The molecule has 1 aliphatic rings. The minimum absolute atomic E-state index is 0. The summed E-state index contributed by atoms with van der Waals surface area (Å²) in [6.45, 7) is 0.621. The number of hydrogen-bond acceptors (Lipinski definition) is 3. The molecule has 18 heavy (non-hydrogen) atoms. The molecule has 0 aliphatic carbocycles. The second-order valence-electron chi connectivity index (χ2n) is 4.52. The Bertz CT molecular complexity index is 408. The van der Waals surface area contributed by atoms with Gasteiger partial charge < -0.3 is 15.4 Å². The Hall–Kier alpha value is -1.26. The van der Waals surface area contributed by atoms with Gasteiger partial charge >= 0.3 is 0 Å². The van der Waals surface area contributed by atoms with Gasteiger partial charge in [0.05, 0.1) is 7.11 Å². The van der Waals surface area contributed by atoms with Crippen LogP contribution in [0, 0.1) is 0 Å². The number of ether oxygens (including phenoxy) is 1. The molecule has 1 aliphatic heterocycles. The summed E-state index contributed by atoms with van der Waals surface area (Å²) in [5.74, 6) is 1.10. The van der Waals surface area contributed by atoms with Gasteiger partial charge in [-0.1, -0.05) is 12.1 Å². The number of halogens is 1. The molecule has 4 nitrogen and oxygen atoms in total. The predicted molar refractivity (Wildman–Crippen MR) is 73.2 cm³/mol. The number of benzene rings is 1. The van der Waals surface area contributed by atoms with Crippen molar-refractivity contribution in [3.63, 3.8) is 0 Å². The summed E-state index contributed by atoms with van der Waals surface area (Å²) in [6, 6.07) is 7.80. The van der Waals surface area contributed by atoms with Crippen LogP contribution in [-0.4, -0.2) is 37.6 Å². The molecule has 1 heterocycles. The normalized spacial score (nSPS) is 23.5. The van der Waals surface area contributed by atoms with E-state index in [-0.39, 0.29) is 30.3 Å². The van der Waals surface area contributed by atoms with E-state index in [1.54, 1.807) is 19.1 Å². The van der Waals surface area contributed by atoms with Crippen LogP contribution in [0.5, 0.6) is 5.75 Å². The van der Waals surface area contributed by atoms with Gasteiger partial charge in [-0.25, -0.2) is 0 Å². The summed E-state index contributed by atoms with van der Waals surface area (Å²) in [6.07, 6.45) is 0.490. The van der Waals surface area contributed by atoms with Gasteiger partial charge in [-0.05, 0) is 17.7 Å². The van der Waals surface area contributed by atoms with Crippen molar-refractivity contribution in [2.24, 2.45) is 5.73 Å². The van der Waals surface area contributed by atoms with Gasteiger partial charge in [0.25, 0.3) is 0 Å². The van der Waals surface area contributed by atoms with E-state index in [0.717, 1.165) is 11.3 Å². The number of piperidine rings is 1. The number of methoxy groups -OCH3 is 1. The summed E-state index contributed by atoms with van der Waals surface area (Å²) in [7, 11) is 3.44. The molecule has 2 N–H and O–H groups in total. The van der Waals surface area contributed by atoms with Gasteiger partial charge in [-0.3, -0.25) is 4.79 Å². The van der Waals surface area contributed by atoms with Crippen molar-refractivity contribution in [3.05, 3.63) is 29.8 Å². The average Bonchev–Trinajstić information content (AvgIpc) is 2.34. The number of likely N-dealkylation sites (tertiary alicyclic amines) is 1. The highest BCUT2D eigenvalue weighted by Gasteiger charge is 2.30. The van der Waals surface area contributed by atoms with Crippen LogP contribution in [-0.2, 0) is 4.79 Å². The second kappa shape index (κ2) is 6.07. The minimum atomic E-state index is 0. The molecule has 0 spiro atoms. The Morgan fingerprint density at radius 1 is 1.33 bits per heavy atom. The molecular weight excluding hydrogens is 252 g/mol. The number of nitrogens with zero attached hydrogens (tertiary/aromatic N) is 1. The molecule has 1 aromatic rings. The van der Waals surface area contributed by atoms with Crippen molar-refractivity contribution in [2.75, 3.05) is 20.7 Å². The first-order valence-corrected chi connectivity index (χ1v) is 5.75. The summed E-state index contributed by atoms with van der Waals surface area (Å²) >= 11 is 0. The molecule has 2 unspecified atom stereocenters. The topological polar surface area (TPSA) is 55.6 Å². The third-order valence-corrected chi connectivity index (χ3v) is 3.37. The molecular formula is C13H19ClN2O2. The van der Waals surface area contributed by atoms with Crippen molar-refractivity contribution < 1.29 is 9.53 Å². The van der Waals surface area contributed by atoms with Crippen molar-refractivity contribution in [2.45, 2.75) is 18.4 Å². The van der Waals surface area contributed by atoms with Crippen LogP contribution < -0.4 is 10.5 Å². The Morgan fingerprint density at radius 3 is 2.50 bits per heavy atom. The maximum atomic E-state index is 11.7. The number of likely N-dealkylation sites (N-methyl/N-ethyl adjacent to an activating group) is 1. The van der Waals surface area contributed by atoms with Crippen LogP contribution >= 0.6 is 12.4 Å². The average molecular weight is 271 g/mol. The number of carbonyl (C=O) groups excluding carboxylic acids is 1. The zero-order chi connectivity index (χ0) is 12.4. The smallest absolute Gasteiger partial charge is 0.223 e. The first-order valence-electron chi connectivity index (χ1n) is 5.75. The van der Waals surface area contributed by atoms with Crippen LogP contribution in [0.4, 0.5) is 0 Å². The highest BCUT2D eigenvalue weighted by atomic mass is 35.5. The van der Waals surface area contributed by atoms with E-state index in [9.17, 15) is 4.79 Å². The Kier molecular flexibility index (Phi) is 4.99. The molecule has 2 atom stereocenters. The molecule has 100 valence electrons. The molecule has 1 saturated heterocycles. The molecule has 0 bridgehead atoms. The lowest BCUT2D eigenvalue weighted by Gasteiger charge is -2.34. The van der Waals surface area contributed by atoms with Gasteiger partial charge in [0.1, 0.15) is 5.75 Å². The lowest BCUT2D eigenvalue weighted by molar-refractivity contribution is -0.132. The fraction of sp³-hybridized carbons (Fsp3) is 0.462. The lowest BCUT2D eigenvalue weighted by atomic mass is 9.85. The largest absolute Gasteiger partial charge is 0.497 e. The molecule has 2 rings (SSSR count). The first-order chi connectivity index (χ1) is 8.11. The standard InChI is InChI=1S/C13H18N2O2.ClH/c1-15-8-12(14)11(7-13(15)16)9-3-5-10(17-2)6-4-9;/h3-6,11-12H,7-8,14H2,1-2H3;1H. The second-order valence-corrected chi connectivity index (χ2v) is 4.52. The van der Waals surface area contributed by atoms with E-state index in [0.29, 0.717) is 13.0 Å². The number of nitrogens with two attached hydrogens (primary N) is 1. The quantitative estimate of drug-likeness (QED) is 0.884. The maximum absolute atomic E-state index is 11.7. The summed E-state index contributed by atoms with van der Waals surface area (Å²) in [5, 5.41) is 0. The highest BCUT2D eigenvalue weighted by Crippen LogP contribution is 2.28. The van der Waals surface area contributed by atoms with E-state index < -0.39 is 0 Å². The first kappa shape index (κ1) is 14.8. The fourth-order valence-corrected chi connectivity index (χ4v) is 2.26. The molecule has 5 heteroatoms.